The van der Waals surface area contributed by atoms with Crippen LogP contribution in [-0.4, -0.2) is 4.98 Å². The highest BCUT2D eigenvalue weighted by atomic mass is 35.5. The van der Waals surface area contributed by atoms with Gasteiger partial charge in [0.2, 0.25) is 0 Å². The zero-order chi connectivity index (χ0) is 11.8. The third-order valence-electron chi connectivity index (χ3n) is 2.26. The van der Waals surface area contributed by atoms with E-state index in [2.05, 4.69) is 4.98 Å². The van der Waals surface area contributed by atoms with Gasteiger partial charge in [-0.2, -0.15) is 0 Å². The molecule has 1 heterocycles. The average molecular weight is 273 g/mol. The lowest BCUT2D eigenvalue weighted by Crippen LogP contribution is -2.28. The number of hydrogen-bond donors (Lipinski definition) is 1. The van der Waals surface area contributed by atoms with Crippen LogP contribution in [0.2, 0.25) is 0 Å². The van der Waals surface area contributed by atoms with Crippen molar-refractivity contribution in [2.75, 3.05) is 0 Å². The van der Waals surface area contributed by atoms with E-state index in [0.29, 0.717) is 0 Å². The summed E-state index contributed by atoms with van der Waals surface area (Å²) in [5.41, 5.74) is 7.30. The summed E-state index contributed by atoms with van der Waals surface area (Å²) >= 11 is 1.52. The first-order chi connectivity index (χ1) is 7.47. The molecule has 0 amide bonds. The first-order valence-corrected chi connectivity index (χ1v) is 5.85. The maximum absolute atomic E-state index is 12.8. The molecule has 0 unspecified atom stereocenters. The van der Waals surface area contributed by atoms with Crippen molar-refractivity contribution >= 4 is 23.7 Å². The molecule has 2 aromatic rings. The molecule has 0 fully saturated rings. The summed E-state index contributed by atoms with van der Waals surface area (Å²) in [6.45, 7) is 3.83. The average Bonchev–Trinajstić information content (AvgIpc) is 2.67. The molecule has 0 radical (unpaired) electrons. The van der Waals surface area contributed by atoms with Crippen molar-refractivity contribution in [3.05, 3.63) is 41.2 Å². The minimum absolute atomic E-state index is 0. The second-order valence-corrected chi connectivity index (χ2v) is 5.12. The highest BCUT2D eigenvalue weighted by Gasteiger charge is 2.18. The fourth-order valence-electron chi connectivity index (χ4n) is 1.29. The summed E-state index contributed by atoms with van der Waals surface area (Å²) in [5, 5.41) is 2.81. The molecule has 1 aromatic heterocycles. The van der Waals surface area contributed by atoms with Crippen LogP contribution in [0.25, 0.3) is 10.6 Å². The molecule has 17 heavy (non-hydrogen) atoms. The van der Waals surface area contributed by atoms with Gasteiger partial charge in [0.1, 0.15) is 10.8 Å². The van der Waals surface area contributed by atoms with Crippen molar-refractivity contribution in [3.8, 4) is 10.6 Å². The minimum Gasteiger partial charge on any atom is -0.321 e. The van der Waals surface area contributed by atoms with Gasteiger partial charge in [0.05, 0.1) is 11.2 Å². The van der Waals surface area contributed by atoms with Crippen molar-refractivity contribution in [1.82, 2.24) is 4.98 Å². The van der Waals surface area contributed by atoms with Crippen molar-refractivity contribution in [3.63, 3.8) is 0 Å². The first-order valence-electron chi connectivity index (χ1n) is 4.97. The summed E-state index contributed by atoms with van der Waals surface area (Å²) in [4.78, 5) is 4.45. The van der Waals surface area contributed by atoms with E-state index in [1.54, 1.807) is 12.1 Å². The predicted octanol–water partition coefficient (Wildman–Crippen LogP) is 3.56. The molecule has 2 nitrogen and oxygen atoms in total. The van der Waals surface area contributed by atoms with Crippen LogP contribution in [0.4, 0.5) is 4.39 Å². The van der Waals surface area contributed by atoms with Gasteiger partial charge in [-0.3, -0.25) is 0 Å². The van der Waals surface area contributed by atoms with E-state index < -0.39 is 5.54 Å². The molecule has 0 atom stereocenters. The fraction of sp³-hybridized carbons (Fsp3) is 0.250. The maximum Gasteiger partial charge on any atom is 0.123 e. The number of halogens is 2. The summed E-state index contributed by atoms with van der Waals surface area (Å²) in [6.07, 6.45) is 0. The molecule has 0 spiro atoms. The topological polar surface area (TPSA) is 38.9 Å². The third-order valence-corrected chi connectivity index (χ3v) is 3.15. The van der Waals surface area contributed by atoms with Gasteiger partial charge in [-0.15, -0.1) is 23.7 Å². The Morgan fingerprint density at radius 1 is 1.24 bits per heavy atom. The normalized spacial score (nSPS) is 11.1. The molecule has 0 aliphatic heterocycles. The van der Waals surface area contributed by atoms with Gasteiger partial charge in [0, 0.05) is 10.9 Å². The zero-order valence-electron chi connectivity index (χ0n) is 9.61. The Labute approximate surface area is 110 Å². The van der Waals surface area contributed by atoms with Crippen LogP contribution in [0.3, 0.4) is 0 Å². The Morgan fingerprint density at radius 2 is 1.82 bits per heavy atom. The summed E-state index contributed by atoms with van der Waals surface area (Å²) < 4.78 is 12.8. The number of rotatable bonds is 2. The van der Waals surface area contributed by atoms with E-state index in [0.717, 1.165) is 16.3 Å². The maximum atomic E-state index is 12.8. The minimum atomic E-state index is -0.436. The lowest BCUT2D eigenvalue weighted by molar-refractivity contribution is 0.539. The van der Waals surface area contributed by atoms with Gasteiger partial charge in [-0.05, 0) is 38.1 Å². The molecule has 1 aromatic carbocycles. The second kappa shape index (κ2) is 5.12. The van der Waals surface area contributed by atoms with Crippen LogP contribution in [0, 0.1) is 5.82 Å². The Kier molecular flexibility index (Phi) is 4.25. The smallest absolute Gasteiger partial charge is 0.123 e. The summed E-state index contributed by atoms with van der Waals surface area (Å²) in [5.74, 6) is -0.236. The number of hydrogen-bond acceptors (Lipinski definition) is 3. The van der Waals surface area contributed by atoms with Crippen molar-refractivity contribution in [1.29, 1.82) is 0 Å². The van der Waals surface area contributed by atoms with Crippen LogP contribution >= 0.6 is 23.7 Å². The molecule has 2 rings (SSSR count). The number of thiazole rings is 1. The zero-order valence-corrected chi connectivity index (χ0v) is 11.2. The van der Waals surface area contributed by atoms with E-state index in [1.807, 2.05) is 19.2 Å². The molecule has 0 aliphatic carbocycles. The largest absolute Gasteiger partial charge is 0.321 e. The van der Waals surface area contributed by atoms with Crippen LogP contribution in [-0.2, 0) is 5.54 Å². The third kappa shape index (κ3) is 3.25. The summed E-state index contributed by atoms with van der Waals surface area (Å²) in [6, 6.07) is 6.32. The van der Waals surface area contributed by atoms with Crippen molar-refractivity contribution in [2.45, 2.75) is 19.4 Å². The molecule has 0 bridgehead atoms. The van der Waals surface area contributed by atoms with Gasteiger partial charge in [-0.1, -0.05) is 0 Å². The number of nitrogens with two attached hydrogens (primary N) is 1. The molecule has 2 N–H and O–H groups in total. The van der Waals surface area contributed by atoms with E-state index in [9.17, 15) is 4.39 Å². The Hall–Kier alpha value is -0.970. The molecular formula is C12H14ClFN2S. The standard InChI is InChI=1S/C12H13FN2S.ClH/c1-12(2,14)10-7-16-11(15-10)8-3-5-9(13)6-4-8;/h3-7H,14H2,1-2H3;1H. The first kappa shape index (κ1) is 14.1. The van der Waals surface area contributed by atoms with Crippen molar-refractivity contribution in [2.24, 2.45) is 5.73 Å². The van der Waals surface area contributed by atoms with E-state index in [1.165, 1.54) is 23.5 Å². The molecule has 92 valence electrons. The molecule has 0 saturated heterocycles. The molecule has 0 aliphatic rings. The SMILES string of the molecule is CC(C)(N)c1csc(-c2ccc(F)cc2)n1.Cl. The summed E-state index contributed by atoms with van der Waals surface area (Å²) in [7, 11) is 0. The highest BCUT2D eigenvalue weighted by Crippen LogP contribution is 2.27. The van der Waals surface area contributed by atoms with E-state index >= 15 is 0 Å². The monoisotopic (exact) mass is 272 g/mol. The van der Waals surface area contributed by atoms with Gasteiger partial charge < -0.3 is 5.73 Å². The molecule has 0 saturated carbocycles. The Morgan fingerprint density at radius 3 is 2.29 bits per heavy atom. The quantitative estimate of drug-likeness (QED) is 0.908. The van der Waals surface area contributed by atoms with Crippen molar-refractivity contribution < 1.29 is 4.39 Å². The van der Waals surface area contributed by atoms with E-state index in [4.69, 9.17) is 5.73 Å². The van der Waals surface area contributed by atoms with Gasteiger partial charge >= 0.3 is 0 Å². The lowest BCUT2D eigenvalue weighted by Gasteiger charge is -2.14. The number of nitrogens with zero attached hydrogens (tertiary/aromatic N) is 1. The van der Waals surface area contributed by atoms with Gasteiger partial charge in [-0.25, -0.2) is 9.37 Å². The van der Waals surface area contributed by atoms with Gasteiger partial charge in [0.15, 0.2) is 0 Å². The Bertz CT molecular complexity index is 488. The van der Waals surface area contributed by atoms with E-state index in [-0.39, 0.29) is 18.2 Å². The molecule has 5 heteroatoms. The van der Waals surface area contributed by atoms with Crippen LogP contribution < -0.4 is 5.73 Å². The predicted molar refractivity (Wildman–Crippen MR) is 72.0 cm³/mol. The van der Waals surface area contributed by atoms with Crippen LogP contribution in [0.1, 0.15) is 19.5 Å². The van der Waals surface area contributed by atoms with Crippen LogP contribution in [0.5, 0.6) is 0 Å². The highest BCUT2D eigenvalue weighted by molar-refractivity contribution is 7.13. The second-order valence-electron chi connectivity index (χ2n) is 4.27. The number of benzene rings is 1. The van der Waals surface area contributed by atoms with Gasteiger partial charge in [0.25, 0.3) is 0 Å². The Balaban J connectivity index is 0.00000144. The fourth-order valence-corrected chi connectivity index (χ4v) is 2.30. The lowest BCUT2D eigenvalue weighted by atomic mass is 10.0. The number of aromatic nitrogens is 1. The van der Waals surface area contributed by atoms with Crippen LogP contribution in [0.15, 0.2) is 29.6 Å². The molecular weight excluding hydrogens is 259 g/mol.